The summed E-state index contributed by atoms with van der Waals surface area (Å²) in [7, 11) is -4.06. The summed E-state index contributed by atoms with van der Waals surface area (Å²) in [4.78, 5) is 24.3. The number of piperidine rings is 1. The summed E-state index contributed by atoms with van der Waals surface area (Å²) in [6.45, 7) is 5.96. The van der Waals surface area contributed by atoms with Crippen LogP contribution in [-0.2, 0) is 14.8 Å². The smallest absolute Gasteiger partial charge is 0.279 e. The van der Waals surface area contributed by atoms with Crippen LogP contribution in [-0.4, -0.2) is 43.7 Å². The molecule has 1 aliphatic heterocycles. The summed E-state index contributed by atoms with van der Waals surface area (Å²) in [5.41, 5.74) is 6.28. The molecular formula is C23H28FN3O5S. The van der Waals surface area contributed by atoms with E-state index in [-0.39, 0.29) is 5.56 Å². The minimum Gasteiger partial charge on any atom is -0.481 e. The minimum atomic E-state index is -4.06. The van der Waals surface area contributed by atoms with Crippen LogP contribution in [0.1, 0.15) is 47.7 Å². The van der Waals surface area contributed by atoms with Gasteiger partial charge in [-0.15, -0.1) is 0 Å². The first-order chi connectivity index (χ1) is 15.6. The van der Waals surface area contributed by atoms with Gasteiger partial charge >= 0.3 is 0 Å². The van der Waals surface area contributed by atoms with Crippen molar-refractivity contribution in [2.75, 3.05) is 13.1 Å². The molecule has 1 aliphatic rings. The van der Waals surface area contributed by atoms with Gasteiger partial charge in [0.05, 0.1) is 0 Å². The number of carbonyl (C=O) groups excluding carboxylic acids is 2. The van der Waals surface area contributed by atoms with E-state index in [4.69, 9.17) is 4.74 Å². The topological polar surface area (TPSA) is 105 Å². The molecule has 33 heavy (non-hydrogen) atoms. The molecule has 1 saturated heterocycles. The van der Waals surface area contributed by atoms with Crippen molar-refractivity contribution < 1.29 is 27.1 Å². The number of halogens is 1. The molecule has 8 nitrogen and oxygen atoms in total. The molecule has 0 aliphatic carbocycles. The Balaban J connectivity index is 1.66. The largest absolute Gasteiger partial charge is 0.481 e. The van der Waals surface area contributed by atoms with Crippen molar-refractivity contribution in [2.24, 2.45) is 0 Å². The van der Waals surface area contributed by atoms with E-state index in [1.54, 1.807) is 6.07 Å². The standard InChI is InChI=1S/C23H28FN3O5S/c1-15-8-7-9-20(16(15)2)32-17(3)22(28)25-26-23(29)18-10-11-19(24)21(14-18)33(30,31)27-12-5-4-6-13-27/h7-11,14,17H,4-6,12-13H2,1-3H3,(H,25,28)(H,26,29). The van der Waals surface area contributed by atoms with Gasteiger partial charge in [0.25, 0.3) is 11.8 Å². The van der Waals surface area contributed by atoms with Crippen molar-refractivity contribution in [1.29, 1.82) is 0 Å². The zero-order valence-electron chi connectivity index (χ0n) is 18.9. The number of nitrogens with one attached hydrogen (secondary N) is 2. The van der Waals surface area contributed by atoms with Crippen molar-refractivity contribution in [1.82, 2.24) is 15.2 Å². The third kappa shape index (κ3) is 5.69. The molecule has 0 aromatic heterocycles. The van der Waals surface area contributed by atoms with Crippen LogP contribution in [0.15, 0.2) is 41.3 Å². The van der Waals surface area contributed by atoms with Gasteiger partial charge in [0.1, 0.15) is 16.5 Å². The van der Waals surface area contributed by atoms with Gasteiger partial charge in [-0.05, 0) is 69.0 Å². The summed E-state index contributed by atoms with van der Waals surface area (Å²) >= 11 is 0. The second-order valence-corrected chi connectivity index (χ2v) is 9.92. The fourth-order valence-electron chi connectivity index (χ4n) is 3.47. The number of benzene rings is 2. The lowest BCUT2D eigenvalue weighted by atomic mass is 10.1. The first-order valence-electron chi connectivity index (χ1n) is 10.7. The second kappa shape index (κ2) is 10.3. The van der Waals surface area contributed by atoms with E-state index in [9.17, 15) is 22.4 Å². The molecule has 0 spiro atoms. The molecule has 0 bridgehead atoms. The Morgan fingerprint density at radius 3 is 2.45 bits per heavy atom. The predicted octanol–water partition coefficient (Wildman–Crippen LogP) is 2.85. The van der Waals surface area contributed by atoms with E-state index >= 15 is 0 Å². The van der Waals surface area contributed by atoms with Gasteiger partial charge in [-0.2, -0.15) is 4.31 Å². The van der Waals surface area contributed by atoms with Crippen molar-refractivity contribution in [3.63, 3.8) is 0 Å². The highest BCUT2D eigenvalue weighted by molar-refractivity contribution is 7.89. The van der Waals surface area contributed by atoms with Crippen LogP contribution in [0.3, 0.4) is 0 Å². The van der Waals surface area contributed by atoms with Crippen molar-refractivity contribution in [3.05, 3.63) is 58.9 Å². The van der Waals surface area contributed by atoms with Gasteiger partial charge in [-0.25, -0.2) is 12.8 Å². The molecule has 2 aromatic rings. The first kappa shape index (κ1) is 24.7. The Kier molecular flexibility index (Phi) is 7.70. The zero-order chi connectivity index (χ0) is 24.2. The maximum absolute atomic E-state index is 14.3. The number of hydrogen-bond donors (Lipinski definition) is 2. The minimum absolute atomic E-state index is 0.101. The molecule has 2 N–H and O–H groups in total. The molecule has 2 aromatic carbocycles. The van der Waals surface area contributed by atoms with Crippen LogP contribution >= 0.6 is 0 Å². The van der Waals surface area contributed by atoms with Crippen LogP contribution in [0.5, 0.6) is 5.75 Å². The second-order valence-electron chi connectivity index (χ2n) is 8.01. The Labute approximate surface area is 193 Å². The number of nitrogens with zero attached hydrogens (tertiary/aromatic N) is 1. The fourth-order valence-corrected chi connectivity index (χ4v) is 5.08. The highest BCUT2D eigenvalue weighted by Gasteiger charge is 2.29. The Hall–Kier alpha value is -2.98. The Morgan fingerprint density at radius 2 is 1.76 bits per heavy atom. The number of aryl methyl sites for hydroxylation is 1. The molecule has 1 unspecified atom stereocenters. The van der Waals surface area contributed by atoms with Gasteiger partial charge in [0.2, 0.25) is 10.0 Å². The van der Waals surface area contributed by atoms with E-state index in [1.807, 2.05) is 26.0 Å². The Bertz CT molecular complexity index is 1150. The van der Waals surface area contributed by atoms with E-state index < -0.39 is 38.7 Å². The summed E-state index contributed by atoms with van der Waals surface area (Å²) in [6, 6.07) is 8.55. The highest BCUT2D eigenvalue weighted by Crippen LogP contribution is 2.24. The summed E-state index contributed by atoms with van der Waals surface area (Å²) in [6.07, 6.45) is 1.42. The summed E-state index contributed by atoms with van der Waals surface area (Å²) in [5.74, 6) is -1.77. The van der Waals surface area contributed by atoms with E-state index in [2.05, 4.69) is 10.9 Å². The lowest BCUT2D eigenvalue weighted by Gasteiger charge is -2.26. The molecule has 1 fully saturated rings. The fraction of sp³-hybridized carbons (Fsp3) is 0.391. The molecule has 1 heterocycles. The third-order valence-corrected chi connectivity index (χ3v) is 7.57. The molecular weight excluding hydrogens is 449 g/mol. The summed E-state index contributed by atoms with van der Waals surface area (Å²) in [5, 5.41) is 0. The Morgan fingerprint density at radius 1 is 1.06 bits per heavy atom. The number of amides is 2. The predicted molar refractivity (Wildman–Crippen MR) is 121 cm³/mol. The molecule has 0 radical (unpaired) electrons. The van der Waals surface area contributed by atoms with E-state index in [0.29, 0.717) is 31.7 Å². The monoisotopic (exact) mass is 477 g/mol. The van der Waals surface area contributed by atoms with Crippen molar-refractivity contribution in [2.45, 2.75) is 51.0 Å². The van der Waals surface area contributed by atoms with Crippen molar-refractivity contribution in [3.8, 4) is 5.75 Å². The number of hydrogen-bond acceptors (Lipinski definition) is 5. The van der Waals surface area contributed by atoms with Crippen LogP contribution in [0, 0.1) is 19.7 Å². The van der Waals surface area contributed by atoms with Crippen LogP contribution < -0.4 is 15.6 Å². The molecule has 10 heteroatoms. The molecule has 178 valence electrons. The molecule has 1 atom stereocenters. The first-order valence-corrected chi connectivity index (χ1v) is 12.2. The van der Waals surface area contributed by atoms with E-state index in [1.165, 1.54) is 11.2 Å². The van der Waals surface area contributed by atoms with Gasteiger partial charge < -0.3 is 4.74 Å². The van der Waals surface area contributed by atoms with Crippen LogP contribution in [0.2, 0.25) is 0 Å². The van der Waals surface area contributed by atoms with Crippen LogP contribution in [0.4, 0.5) is 4.39 Å². The SMILES string of the molecule is Cc1cccc(OC(C)C(=O)NNC(=O)c2ccc(F)c(S(=O)(=O)N3CCCCC3)c2)c1C. The number of hydrazine groups is 1. The quantitative estimate of drug-likeness (QED) is 0.623. The molecule has 0 saturated carbocycles. The number of carbonyl (C=O) groups is 2. The number of ether oxygens (including phenoxy) is 1. The lowest BCUT2D eigenvalue weighted by molar-refractivity contribution is -0.128. The molecule has 2 amide bonds. The van der Waals surface area contributed by atoms with Gasteiger partial charge in [0, 0.05) is 18.7 Å². The third-order valence-electron chi connectivity index (χ3n) is 5.65. The highest BCUT2D eigenvalue weighted by atomic mass is 32.2. The lowest BCUT2D eigenvalue weighted by Crippen LogP contribution is -2.47. The average molecular weight is 478 g/mol. The van der Waals surface area contributed by atoms with Crippen molar-refractivity contribution >= 4 is 21.8 Å². The van der Waals surface area contributed by atoms with Gasteiger partial charge in [-0.1, -0.05) is 18.6 Å². The number of sulfonamides is 1. The number of rotatable bonds is 6. The summed E-state index contributed by atoms with van der Waals surface area (Å²) < 4.78 is 46.9. The maximum Gasteiger partial charge on any atom is 0.279 e. The normalized spacial score (nSPS) is 15.5. The zero-order valence-corrected chi connectivity index (χ0v) is 19.7. The van der Waals surface area contributed by atoms with Gasteiger partial charge in [0.15, 0.2) is 6.10 Å². The van der Waals surface area contributed by atoms with Crippen LogP contribution in [0.25, 0.3) is 0 Å². The van der Waals surface area contributed by atoms with Gasteiger partial charge in [-0.3, -0.25) is 20.4 Å². The van der Waals surface area contributed by atoms with E-state index in [0.717, 1.165) is 35.7 Å². The molecule has 3 rings (SSSR count). The average Bonchev–Trinajstić information content (AvgIpc) is 2.80. The maximum atomic E-state index is 14.3.